The summed E-state index contributed by atoms with van der Waals surface area (Å²) in [5, 5.41) is 0. The first-order valence-corrected chi connectivity index (χ1v) is 6.42. The van der Waals surface area contributed by atoms with Crippen molar-refractivity contribution in [3.05, 3.63) is 42.0 Å². The minimum atomic E-state index is -0.495. The molecule has 106 valence electrons. The Bertz CT molecular complexity index is 585. The Balaban J connectivity index is 2.24. The number of pyridine rings is 1. The van der Waals surface area contributed by atoms with E-state index in [2.05, 4.69) is 4.98 Å². The predicted octanol–water partition coefficient (Wildman–Crippen LogP) is 3.69. The molecule has 4 nitrogen and oxygen atoms in total. The fourth-order valence-corrected chi connectivity index (χ4v) is 1.60. The quantitative estimate of drug-likeness (QED) is 0.846. The first kappa shape index (κ1) is 14.1. The lowest BCUT2D eigenvalue weighted by atomic mass is 10.2. The largest absolute Gasteiger partial charge is 0.490 e. The number of halogens is 1. The van der Waals surface area contributed by atoms with E-state index < -0.39 is 5.82 Å². The van der Waals surface area contributed by atoms with Crippen LogP contribution in [0.1, 0.15) is 19.0 Å². The molecule has 0 unspecified atom stereocenters. The van der Waals surface area contributed by atoms with E-state index in [4.69, 9.17) is 15.2 Å². The lowest BCUT2D eigenvalue weighted by Crippen LogP contribution is -2.00. The molecule has 0 bridgehead atoms. The molecule has 2 N–H and O–H groups in total. The molecule has 0 aliphatic heterocycles. The maximum atomic E-state index is 13.7. The summed E-state index contributed by atoms with van der Waals surface area (Å²) >= 11 is 0. The number of nitrogens with zero attached hydrogens (tertiary/aromatic N) is 1. The highest BCUT2D eigenvalue weighted by atomic mass is 19.1. The number of hydrogen-bond donors (Lipinski definition) is 1. The maximum absolute atomic E-state index is 13.7. The number of nitrogens with two attached hydrogens (primary N) is 1. The van der Waals surface area contributed by atoms with E-state index in [1.165, 1.54) is 12.1 Å². The number of hydrogen-bond acceptors (Lipinski definition) is 4. The van der Waals surface area contributed by atoms with Crippen LogP contribution in [0.4, 0.5) is 10.1 Å². The third-order valence-corrected chi connectivity index (χ3v) is 2.64. The summed E-state index contributed by atoms with van der Waals surface area (Å²) in [5.74, 6) is 0.528. The van der Waals surface area contributed by atoms with Gasteiger partial charge in [-0.15, -0.1) is 0 Å². The minimum Gasteiger partial charge on any atom is -0.490 e. The van der Waals surface area contributed by atoms with E-state index in [1.807, 2.05) is 19.9 Å². The van der Waals surface area contributed by atoms with Crippen molar-refractivity contribution in [3.63, 3.8) is 0 Å². The van der Waals surface area contributed by atoms with Gasteiger partial charge in [-0.25, -0.2) is 4.39 Å². The monoisotopic (exact) mass is 276 g/mol. The SMILES string of the molecule is CCCOc1cc(Oc2ccc(C)nc2)c(N)cc1F. The van der Waals surface area contributed by atoms with E-state index in [1.54, 1.807) is 12.3 Å². The molecule has 0 saturated carbocycles. The zero-order valence-corrected chi connectivity index (χ0v) is 11.5. The van der Waals surface area contributed by atoms with Crippen LogP contribution in [0.25, 0.3) is 0 Å². The molecule has 1 heterocycles. The molecule has 0 amide bonds. The minimum absolute atomic E-state index is 0.135. The van der Waals surface area contributed by atoms with Gasteiger partial charge in [0.15, 0.2) is 17.3 Å². The van der Waals surface area contributed by atoms with Crippen molar-refractivity contribution in [2.75, 3.05) is 12.3 Å². The van der Waals surface area contributed by atoms with Crippen molar-refractivity contribution < 1.29 is 13.9 Å². The predicted molar refractivity (Wildman–Crippen MR) is 75.6 cm³/mol. The van der Waals surface area contributed by atoms with Gasteiger partial charge in [0.25, 0.3) is 0 Å². The molecule has 0 saturated heterocycles. The van der Waals surface area contributed by atoms with Crippen molar-refractivity contribution in [2.45, 2.75) is 20.3 Å². The third-order valence-electron chi connectivity index (χ3n) is 2.64. The Labute approximate surface area is 117 Å². The van der Waals surface area contributed by atoms with Crippen LogP contribution in [0, 0.1) is 12.7 Å². The van der Waals surface area contributed by atoms with E-state index in [-0.39, 0.29) is 11.4 Å². The van der Waals surface area contributed by atoms with Crippen LogP contribution < -0.4 is 15.2 Å². The van der Waals surface area contributed by atoms with Crippen molar-refractivity contribution in [1.82, 2.24) is 4.98 Å². The van der Waals surface area contributed by atoms with Crippen LogP contribution in [-0.4, -0.2) is 11.6 Å². The second-order valence-electron chi connectivity index (χ2n) is 4.41. The molecule has 2 aromatic rings. The molecule has 1 aromatic heterocycles. The molecule has 0 spiro atoms. The summed E-state index contributed by atoms with van der Waals surface area (Å²) in [4.78, 5) is 4.12. The van der Waals surface area contributed by atoms with Crippen LogP contribution >= 0.6 is 0 Å². The van der Waals surface area contributed by atoms with Gasteiger partial charge in [-0.1, -0.05) is 6.92 Å². The average Bonchev–Trinajstić information content (AvgIpc) is 2.43. The second kappa shape index (κ2) is 6.23. The van der Waals surface area contributed by atoms with Gasteiger partial charge in [0, 0.05) is 17.8 Å². The van der Waals surface area contributed by atoms with Gasteiger partial charge in [-0.2, -0.15) is 0 Å². The number of aryl methyl sites for hydroxylation is 1. The van der Waals surface area contributed by atoms with E-state index >= 15 is 0 Å². The molecule has 0 atom stereocenters. The van der Waals surface area contributed by atoms with Gasteiger partial charge >= 0.3 is 0 Å². The normalized spacial score (nSPS) is 10.3. The molecule has 0 aliphatic rings. The van der Waals surface area contributed by atoms with Gasteiger partial charge in [0.1, 0.15) is 5.75 Å². The summed E-state index contributed by atoms with van der Waals surface area (Å²) in [6.07, 6.45) is 2.38. The number of benzene rings is 1. The highest BCUT2D eigenvalue weighted by molar-refractivity contribution is 5.57. The van der Waals surface area contributed by atoms with Crippen molar-refractivity contribution in [1.29, 1.82) is 0 Å². The fraction of sp³-hybridized carbons (Fsp3) is 0.267. The molecule has 20 heavy (non-hydrogen) atoms. The van der Waals surface area contributed by atoms with E-state index in [0.29, 0.717) is 18.1 Å². The molecular weight excluding hydrogens is 259 g/mol. The average molecular weight is 276 g/mol. The zero-order valence-electron chi connectivity index (χ0n) is 11.5. The van der Waals surface area contributed by atoms with Crippen molar-refractivity contribution in [3.8, 4) is 17.2 Å². The lowest BCUT2D eigenvalue weighted by Gasteiger charge is -2.12. The molecule has 0 radical (unpaired) electrons. The van der Waals surface area contributed by atoms with Gasteiger partial charge < -0.3 is 15.2 Å². The first-order valence-electron chi connectivity index (χ1n) is 6.42. The van der Waals surface area contributed by atoms with E-state index in [0.717, 1.165) is 12.1 Å². The molecular formula is C15H17FN2O2. The topological polar surface area (TPSA) is 57.4 Å². The van der Waals surface area contributed by atoms with E-state index in [9.17, 15) is 4.39 Å². The molecule has 0 fully saturated rings. The number of nitrogen functional groups attached to an aromatic ring is 1. The smallest absolute Gasteiger partial charge is 0.167 e. The van der Waals surface area contributed by atoms with Crippen LogP contribution in [-0.2, 0) is 0 Å². The Kier molecular flexibility index (Phi) is 4.40. The van der Waals surface area contributed by atoms with Gasteiger partial charge in [0.05, 0.1) is 18.5 Å². The second-order valence-corrected chi connectivity index (χ2v) is 4.41. The van der Waals surface area contributed by atoms with Gasteiger partial charge in [0.2, 0.25) is 0 Å². The van der Waals surface area contributed by atoms with Crippen molar-refractivity contribution >= 4 is 5.69 Å². The highest BCUT2D eigenvalue weighted by Gasteiger charge is 2.11. The molecule has 5 heteroatoms. The van der Waals surface area contributed by atoms with Gasteiger partial charge in [-0.3, -0.25) is 4.98 Å². The number of anilines is 1. The number of aromatic nitrogens is 1. The Hall–Kier alpha value is -2.30. The summed E-state index contributed by atoms with van der Waals surface area (Å²) < 4.78 is 24.6. The lowest BCUT2D eigenvalue weighted by molar-refractivity contribution is 0.299. The summed E-state index contributed by atoms with van der Waals surface area (Å²) in [6, 6.07) is 6.25. The fourth-order valence-electron chi connectivity index (χ4n) is 1.60. The summed E-state index contributed by atoms with van der Waals surface area (Å²) in [6.45, 7) is 4.27. The molecule has 2 rings (SSSR count). The summed E-state index contributed by atoms with van der Waals surface area (Å²) in [7, 11) is 0. The molecule has 1 aromatic carbocycles. The molecule has 0 aliphatic carbocycles. The van der Waals surface area contributed by atoms with Crippen LogP contribution in [0.15, 0.2) is 30.5 Å². The highest BCUT2D eigenvalue weighted by Crippen LogP contribution is 2.33. The number of rotatable bonds is 5. The summed E-state index contributed by atoms with van der Waals surface area (Å²) in [5.41, 5.74) is 6.86. The zero-order chi connectivity index (χ0) is 14.5. The van der Waals surface area contributed by atoms with Crippen LogP contribution in [0.5, 0.6) is 17.2 Å². The van der Waals surface area contributed by atoms with Crippen molar-refractivity contribution in [2.24, 2.45) is 0 Å². The maximum Gasteiger partial charge on any atom is 0.167 e. The number of ether oxygens (including phenoxy) is 2. The third kappa shape index (κ3) is 3.38. The first-order chi connectivity index (χ1) is 9.60. The van der Waals surface area contributed by atoms with Gasteiger partial charge in [-0.05, 0) is 25.5 Å². The standard InChI is InChI=1S/C15H17FN2O2/c1-3-6-19-14-8-15(13(17)7-12(14)16)20-11-5-4-10(2)18-9-11/h4-5,7-9H,3,6,17H2,1-2H3. The Morgan fingerprint density at radius 1 is 1.25 bits per heavy atom. The Morgan fingerprint density at radius 2 is 2.05 bits per heavy atom. The Morgan fingerprint density at radius 3 is 2.70 bits per heavy atom. The van der Waals surface area contributed by atoms with Crippen LogP contribution in [0.3, 0.4) is 0 Å². The van der Waals surface area contributed by atoms with Crippen LogP contribution in [0.2, 0.25) is 0 Å².